The molecule has 3 N–H and O–H groups in total. The first-order chi connectivity index (χ1) is 51.4. The van der Waals surface area contributed by atoms with Crippen molar-refractivity contribution in [2.24, 2.45) is 11.8 Å². The van der Waals surface area contributed by atoms with Gasteiger partial charge in [0.25, 0.3) is 0 Å². The molecule has 0 fully saturated rings. The van der Waals surface area contributed by atoms with Crippen molar-refractivity contribution in [3.63, 3.8) is 0 Å². The van der Waals surface area contributed by atoms with Gasteiger partial charge in [-0.25, -0.2) is 9.13 Å². The Bertz CT molecular complexity index is 2030. The number of phosphoric ester groups is 2. The fourth-order valence-corrected chi connectivity index (χ4v) is 15.1. The molecule has 0 saturated heterocycles. The lowest BCUT2D eigenvalue weighted by Crippen LogP contribution is -2.30. The summed E-state index contributed by atoms with van der Waals surface area (Å²) in [7, 11) is -9.93. The predicted molar refractivity (Wildman–Crippen MR) is 437 cm³/mol. The zero-order valence-electron chi connectivity index (χ0n) is 69.7. The number of hydrogen-bond acceptors (Lipinski definition) is 15. The van der Waals surface area contributed by atoms with Crippen molar-refractivity contribution in [2.45, 2.75) is 484 Å². The molecule has 0 radical (unpaired) electrons. The standard InChI is InChI=1S/C87H170O17P2/c1-7-10-12-14-16-18-20-22-23-24-25-26-27-28-35-41-47-53-59-65-71-86(91)103-83(76-98-85(90)70-64-58-52-46-40-34-30-29-33-38-44-50-56-62-68-80(6)9-3)78-102-106(95,96)100-74-81(88)73-99-105(93,94)101-77-82(75-97-84(89)69-63-57-51-45-39-21-19-17-15-13-11-8-2)104-87(92)72-66-60-54-48-42-36-31-32-37-43-49-55-61-67-79(4)5/h79-83,88H,7-78H2,1-6H3,(H,93,94)(H,95,96)/t80?,81-,82+,83+/m0/s1. The molecular weight excluding hydrogens is 1380 g/mol. The molecule has 630 valence electrons. The van der Waals surface area contributed by atoms with Crippen LogP contribution in [0.15, 0.2) is 0 Å². The summed E-state index contributed by atoms with van der Waals surface area (Å²) in [5, 5.41) is 10.7. The summed E-state index contributed by atoms with van der Waals surface area (Å²) in [5.74, 6) is -0.462. The van der Waals surface area contributed by atoms with Gasteiger partial charge in [0.2, 0.25) is 0 Å². The second-order valence-electron chi connectivity index (χ2n) is 32.0. The van der Waals surface area contributed by atoms with Gasteiger partial charge in [-0.1, -0.05) is 414 Å². The van der Waals surface area contributed by atoms with Gasteiger partial charge in [-0.05, 0) is 37.5 Å². The molecule has 0 aliphatic heterocycles. The topological polar surface area (TPSA) is 237 Å². The Morgan fingerprint density at radius 2 is 0.481 bits per heavy atom. The summed E-state index contributed by atoms with van der Waals surface area (Å²) in [4.78, 5) is 73.3. The largest absolute Gasteiger partial charge is 0.472 e. The molecule has 0 rings (SSSR count). The number of hydrogen-bond donors (Lipinski definition) is 3. The molecule has 17 nitrogen and oxygen atoms in total. The lowest BCUT2D eigenvalue weighted by molar-refractivity contribution is -0.161. The second kappa shape index (κ2) is 78.3. The van der Waals surface area contributed by atoms with Crippen molar-refractivity contribution in [1.82, 2.24) is 0 Å². The van der Waals surface area contributed by atoms with Crippen molar-refractivity contribution in [1.29, 1.82) is 0 Å². The van der Waals surface area contributed by atoms with Crippen LogP contribution in [0.25, 0.3) is 0 Å². The molecule has 0 aliphatic rings. The number of aliphatic hydroxyl groups excluding tert-OH is 1. The van der Waals surface area contributed by atoms with E-state index in [1.165, 1.54) is 283 Å². The highest BCUT2D eigenvalue weighted by Crippen LogP contribution is 2.45. The fourth-order valence-electron chi connectivity index (χ4n) is 13.6. The average molecular weight is 1550 g/mol. The minimum atomic E-state index is -4.97. The molecule has 0 heterocycles. The van der Waals surface area contributed by atoms with Gasteiger partial charge in [0, 0.05) is 25.7 Å². The van der Waals surface area contributed by atoms with Gasteiger partial charge in [-0.15, -0.1) is 0 Å². The third kappa shape index (κ3) is 78.7. The van der Waals surface area contributed by atoms with E-state index in [9.17, 15) is 43.2 Å². The maximum Gasteiger partial charge on any atom is 0.472 e. The molecule has 0 bridgehead atoms. The van der Waals surface area contributed by atoms with Gasteiger partial charge in [0.1, 0.15) is 19.3 Å². The first-order valence-corrected chi connectivity index (χ1v) is 48.0. The lowest BCUT2D eigenvalue weighted by atomic mass is 9.99. The number of carbonyl (C=O) groups excluding carboxylic acids is 4. The van der Waals surface area contributed by atoms with Crippen LogP contribution in [0, 0.1) is 11.8 Å². The number of rotatable bonds is 86. The molecule has 0 aromatic carbocycles. The van der Waals surface area contributed by atoms with E-state index < -0.39 is 97.5 Å². The summed E-state index contributed by atoms with van der Waals surface area (Å²) in [6.07, 6.45) is 70.6. The smallest absolute Gasteiger partial charge is 0.462 e. The summed E-state index contributed by atoms with van der Waals surface area (Å²) >= 11 is 0. The first-order valence-electron chi connectivity index (χ1n) is 45.0. The molecule has 6 atom stereocenters. The Morgan fingerprint density at radius 3 is 0.717 bits per heavy atom. The third-order valence-electron chi connectivity index (χ3n) is 20.8. The van der Waals surface area contributed by atoms with E-state index >= 15 is 0 Å². The molecule has 0 aromatic heterocycles. The van der Waals surface area contributed by atoms with Crippen LogP contribution >= 0.6 is 15.6 Å². The normalized spacial score (nSPS) is 14.1. The number of aliphatic hydroxyl groups is 1. The van der Waals surface area contributed by atoms with Gasteiger partial charge in [-0.3, -0.25) is 37.3 Å². The quantitative estimate of drug-likeness (QED) is 0.0222. The molecule has 19 heteroatoms. The van der Waals surface area contributed by atoms with E-state index in [1.54, 1.807) is 0 Å². The van der Waals surface area contributed by atoms with E-state index in [1.807, 2.05) is 0 Å². The lowest BCUT2D eigenvalue weighted by Gasteiger charge is -2.21. The number of unbranched alkanes of at least 4 members (excludes halogenated alkanes) is 55. The minimum absolute atomic E-state index is 0.108. The Hall–Kier alpha value is -1.94. The summed E-state index contributed by atoms with van der Waals surface area (Å²) in [6.45, 7) is 9.75. The van der Waals surface area contributed by atoms with Crippen LogP contribution < -0.4 is 0 Å². The van der Waals surface area contributed by atoms with Crippen LogP contribution in [-0.2, 0) is 65.4 Å². The number of carbonyl (C=O) groups is 4. The monoisotopic (exact) mass is 1550 g/mol. The number of esters is 4. The van der Waals surface area contributed by atoms with Gasteiger partial charge in [0.15, 0.2) is 12.2 Å². The maximum absolute atomic E-state index is 13.2. The zero-order chi connectivity index (χ0) is 77.8. The van der Waals surface area contributed by atoms with Crippen LogP contribution in [0.3, 0.4) is 0 Å². The molecule has 0 saturated carbocycles. The molecule has 0 aromatic rings. The van der Waals surface area contributed by atoms with Crippen molar-refractivity contribution in [3.05, 3.63) is 0 Å². The molecular formula is C87H170O17P2. The first kappa shape index (κ1) is 104. The Balaban J connectivity index is 5.26. The van der Waals surface area contributed by atoms with Gasteiger partial charge < -0.3 is 33.8 Å². The average Bonchev–Trinajstić information content (AvgIpc) is 0.901. The highest BCUT2D eigenvalue weighted by molar-refractivity contribution is 7.47. The highest BCUT2D eigenvalue weighted by atomic mass is 31.2. The van der Waals surface area contributed by atoms with Gasteiger partial charge in [0.05, 0.1) is 26.4 Å². The van der Waals surface area contributed by atoms with E-state index in [0.717, 1.165) is 102 Å². The molecule has 106 heavy (non-hydrogen) atoms. The van der Waals surface area contributed by atoms with Crippen LogP contribution in [0.2, 0.25) is 0 Å². The van der Waals surface area contributed by atoms with Crippen LogP contribution in [0.5, 0.6) is 0 Å². The maximum atomic E-state index is 13.2. The van der Waals surface area contributed by atoms with Crippen LogP contribution in [0.4, 0.5) is 0 Å². The van der Waals surface area contributed by atoms with E-state index in [-0.39, 0.29) is 25.7 Å². The number of phosphoric acid groups is 2. The summed E-state index contributed by atoms with van der Waals surface area (Å²) in [5.41, 5.74) is 0. The van der Waals surface area contributed by atoms with Gasteiger partial charge in [-0.2, -0.15) is 0 Å². The fraction of sp³-hybridized carbons (Fsp3) is 0.954. The van der Waals surface area contributed by atoms with E-state index in [2.05, 4.69) is 41.5 Å². The third-order valence-corrected chi connectivity index (χ3v) is 22.7. The van der Waals surface area contributed by atoms with Crippen molar-refractivity contribution < 1.29 is 80.2 Å². The Labute approximate surface area is 651 Å². The molecule has 0 aliphatic carbocycles. The van der Waals surface area contributed by atoms with E-state index in [0.29, 0.717) is 25.7 Å². The van der Waals surface area contributed by atoms with Crippen LogP contribution in [-0.4, -0.2) is 96.7 Å². The second-order valence-corrected chi connectivity index (χ2v) is 34.9. The molecule has 0 spiro atoms. The Morgan fingerprint density at radius 1 is 0.274 bits per heavy atom. The van der Waals surface area contributed by atoms with Crippen LogP contribution in [0.1, 0.15) is 465 Å². The van der Waals surface area contributed by atoms with Crippen molar-refractivity contribution >= 4 is 39.5 Å². The molecule has 0 amide bonds. The van der Waals surface area contributed by atoms with Crippen molar-refractivity contribution in [2.75, 3.05) is 39.6 Å². The Kier molecular flexibility index (Phi) is 76.9. The van der Waals surface area contributed by atoms with Gasteiger partial charge >= 0.3 is 39.5 Å². The predicted octanol–water partition coefficient (Wildman–Crippen LogP) is 26.6. The SMILES string of the molecule is CCCCCCCCCCCCCCCCCCCCCCC(=O)O[C@H](COC(=O)CCCCCCCCCCCCCCCCC(C)CC)COP(=O)(O)OC[C@@H](O)COP(=O)(O)OC[C@@H](COC(=O)CCCCCCCCCCCCCC)OC(=O)CCCCCCCCCCCCCCCC(C)C. The molecule has 3 unspecified atom stereocenters. The van der Waals surface area contributed by atoms with E-state index in [4.69, 9.17) is 37.0 Å². The summed E-state index contributed by atoms with van der Waals surface area (Å²) < 4.78 is 69.0. The highest BCUT2D eigenvalue weighted by Gasteiger charge is 2.30. The van der Waals surface area contributed by atoms with Crippen molar-refractivity contribution in [3.8, 4) is 0 Å². The number of ether oxygens (including phenoxy) is 4. The summed E-state index contributed by atoms with van der Waals surface area (Å²) in [6, 6.07) is 0. The zero-order valence-corrected chi connectivity index (χ0v) is 71.5. The minimum Gasteiger partial charge on any atom is -0.462 e.